The molecule has 3 nitrogen and oxygen atoms in total. The highest BCUT2D eigenvalue weighted by Crippen LogP contribution is 2.10. The second-order valence-corrected chi connectivity index (χ2v) is 2.82. The third kappa shape index (κ3) is 2.99. The summed E-state index contributed by atoms with van der Waals surface area (Å²) in [5.74, 6) is 0. The molecule has 3 heteroatoms. The first kappa shape index (κ1) is 8.68. The number of aldehydes is 1. The molecule has 0 bridgehead atoms. The molecular formula is C8H14O3. The Morgan fingerprint density at radius 3 is 3.09 bits per heavy atom. The van der Waals surface area contributed by atoms with Crippen LogP contribution in [0.3, 0.4) is 0 Å². The van der Waals surface area contributed by atoms with Gasteiger partial charge in [0.05, 0.1) is 12.7 Å². The minimum Gasteiger partial charge on any atom is -0.379 e. The first-order valence-corrected chi connectivity index (χ1v) is 4.01. The van der Waals surface area contributed by atoms with Crippen LogP contribution in [0.1, 0.15) is 19.8 Å². The first-order chi connectivity index (χ1) is 5.33. The Kier molecular flexibility index (Phi) is 3.52. The van der Waals surface area contributed by atoms with E-state index in [0.717, 1.165) is 25.7 Å². The van der Waals surface area contributed by atoms with Gasteiger partial charge in [0.2, 0.25) is 0 Å². The molecule has 0 aromatic heterocycles. The molecule has 0 aromatic rings. The summed E-state index contributed by atoms with van der Waals surface area (Å²) in [4.78, 5) is 10.2. The summed E-state index contributed by atoms with van der Waals surface area (Å²) in [6.45, 7) is 3.22. The first-order valence-electron chi connectivity index (χ1n) is 4.01. The predicted molar refractivity (Wildman–Crippen MR) is 40.5 cm³/mol. The zero-order chi connectivity index (χ0) is 8.10. The van der Waals surface area contributed by atoms with Gasteiger partial charge in [-0.2, -0.15) is 0 Å². The van der Waals surface area contributed by atoms with E-state index >= 15 is 0 Å². The van der Waals surface area contributed by atoms with Crippen molar-refractivity contribution in [3.63, 3.8) is 0 Å². The second-order valence-electron chi connectivity index (χ2n) is 2.82. The Balaban J connectivity index is 2.18. The summed E-state index contributed by atoms with van der Waals surface area (Å²) in [6, 6.07) is 0. The molecule has 0 radical (unpaired) electrons. The number of rotatable bonds is 3. The van der Waals surface area contributed by atoms with E-state index in [4.69, 9.17) is 9.47 Å². The topological polar surface area (TPSA) is 35.5 Å². The standard InChI is InChI=1S/C8H14O3/c1-7(5-9)11-8-3-2-4-10-6-8/h5,7-8H,2-4,6H2,1H3. The highest BCUT2D eigenvalue weighted by Gasteiger charge is 2.16. The molecule has 2 atom stereocenters. The van der Waals surface area contributed by atoms with E-state index < -0.39 is 0 Å². The largest absolute Gasteiger partial charge is 0.379 e. The molecular weight excluding hydrogens is 144 g/mol. The summed E-state index contributed by atoms with van der Waals surface area (Å²) < 4.78 is 10.5. The molecule has 0 N–H and O–H groups in total. The van der Waals surface area contributed by atoms with Gasteiger partial charge in [0.15, 0.2) is 0 Å². The lowest BCUT2D eigenvalue weighted by Gasteiger charge is -2.23. The zero-order valence-corrected chi connectivity index (χ0v) is 6.79. The third-order valence-electron chi connectivity index (χ3n) is 1.72. The van der Waals surface area contributed by atoms with E-state index in [9.17, 15) is 4.79 Å². The number of ether oxygens (including phenoxy) is 2. The molecule has 0 amide bonds. The normalized spacial score (nSPS) is 27.9. The highest BCUT2D eigenvalue weighted by atomic mass is 16.5. The van der Waals surface area contributed by atoms with Crippen LogP contribution in [0.2, 0.25) is 0 Å². The Bertz CT molecular complexity index is 119. The fourth-order valence-electron chi connectivity index (χ4n) is 1.15. The molecule has 1 rings (SSSR count). The molecule has 1 heterocycles. The lowest BCUT2D eigenvalue weighted by molar-refractivity contribution is -0.126. The molecule has 1 fully saturated rings. The summed E-state index contributed by atoms with van der Waals surface area (Å²) in [6.07, 6.45) is 2.70. The highest BCUT2D eigenvalue weighted by molar-refractivity contribution is 5.55. The molecule has 1 saturated heterocycles. The molecule has 11 heavy (non-hydrogen) atoms. The van der Waals surface area contributed by atoms with Crippen molar-refractivity contribution in [3.8, 4) is 0 Å². The van der Waals surface area contributed by atoms with Crippen LogP contribution in [-0.2, 0) is 14.3 Å². The van der Waals surface area contributed by atoms with Crippen molar-refractivity contribution in [2.45, 2.75) is 32.0 Å². The SMILES string of the molecule is CC(C=O)OC1CCCOC1. The summed E-state index contributed by atoms with van der Waals surface area (Å²) in [5.41, 5.74) is 0. The van der Waals surface area contributed by atoms with Crippen LogP contribution in [-0.4, -0.2) is 31.7 Å². The molecule has 64 valence electrons. The molecule has 2 unspecified atom stereocenters. The van der Waals surface area contributed by atoms with Gasteiger partial charge in [-0.1, -0.05) is 0 Å². The minimum absolute atomic E-state index is 0.129. The van der Waals surface area contributed by atoms with Crippen LogP contribution >= 0.6 is 0 Å². The van der Waals surface area contributed by atoms with E-state index in [1.807, 2.05) is 0 Å². The van der Waals surface area contributed by atoms with Gasteiger partial charge in [-0.15, -0.1) is 0 Å². The Morgan fingerprint density at radius 2 is 2.55 bits per heavy atom. The predicted octanol–water partition coefficient (Wildman–Crippen LogP) is 0.769. The number of carbonyl (C=O) groups is 1. The van der Waals surface area contributed by atoms with Crippen molar-refractivity contribution in [2.24, 2.45) is 0 Å². The van der Waals surface area contributed by atoms with Crippen LogP contribution in [0.15, 0.2) is 0 Å². The fraction of sp³-hybridized carbons (Fsp3) is 0.875. The average Bonchev–Trinajstić information content (AvgIpc) is 2.06. The van der Waals surface area contributed by atoms with Gasteiger partial charge in [-0.25, -0.2) is 0 Å². The number of hydrogen-bond acceptors (Lipinski definition) is 3. The zero-order valence-electron chi connectivity index (χ0n) is 6.79. The summed E-state index contributed by atoms with van der Waals surface area (Å²) in [5, 5.41) is 0. The van der Waals surface area contributed by atoms with E-state index in [-0.39, 0.29) is 12.2 Å². The Labute approximate surface area is 66.7 Å². The Hall–Kier alpha value is -0.410. The van der Waals surface area contributed by atoms with Crippen LogP contribution < -0.4 is 0 Å². The minimum atomic E-state index is -0.290. The molecule has 0 saturated carbocycles. The lowest BCUT2D eigenvalue weighted by Crippen LogP contribution is -2.29. The smallest absolute Gasteiger partial charge is 0.148 e. The van der Waals surface area contributed by atoms with Crippen molar-refractivity contribution in [1.82, 2.24) is 0 Å². The molecule has 0 spiro atoms. The van der Waals surface area contributed by atoms with Gasteiger partial charge in [0.1, 0.15) is 12.4 Å². The second kappa shape index (κ2) is 4.46. The van der Waals surface area contributed by atoms with Crippen LogP contribution in [0, 0.1) is 0 Å². The molecule has 1 aliphatic heterocycles. The van der Waals surface area contributed by atoms with Crippen molar-refractivity contribution in [2.75, 3.05) is 13.2 Å². The molecule has 0 aliphatic carbocycles. The van der Waals surface area contributed by atoms with E-state index in [1.54, 1.807) is 6.92 Å². The Morgan fingerprint density at radius 1 is 1.73 bits per heavy atom. The van der Waals surface area contributed by atoms with Crippen LogP contribution in [0.4, 0.5) is 0 Å². The number of hydrogen-bond donors (Lipinski definition) is 0. The maximum Gasteiger partial charge on any atom is 0.148 e. The van der Waals surface area contributed by atoms with Crippen molar-refractivity contribution >= 4 is 6.29 Å². The quantitative estimate of drug-likeness (QED) is 0.569. The van der Waals surface area contributed by atoms with E-state index in [0.29, 0.717) is 6.61 Å². The maximum atomic E-state index is 10.2. The van der Waals surface area contributed by atoms with Crippen molar-refractivity contribution in [3.05, 3.63) is 0 Å². The summed E-state index contributed by atoms with van der Waals surface area (Å²) in [7, 11) is 0. The van der Waals surface area contributed by atoms with Gasteiger partial charge in [0.25, 0.3) is 0 Å². The molecule has 0 aromatic carbocycles. The fourth-order valence-corrected chi connectivity index (χ4v) is 1.15. The van der Waals surface area contributed by atoms with E-state index in [2.05, 4.69) is 0 Å². The molecule has 1 aliphatic rings. The average molecular weight is 158 g/mol. The third-order valence-corrected chi connectivity index (χ3v) is 1.72. The van der Waals surface area contributed by atoms with Crippen molar-refractivity contribution in [1.29, 1.82) is 0 Å². The van der Waals surface area contributed by atoms with Crippen LogP contribution in [0.25, 0.3) is 0 Å². The van der Waals surface area contributed by atoms with Gasteiger partial charge in [0, 0.05) is 6.61 Å². The monoisotopic (exact) mass is 158 g/mol. The van der Waals surface area contributed by atoms with E-state index in [1.165, 1.54) is 0 Å². The maximum absolute atomic E-state index is 10.2. The summed E-state index contributed by atoms with van der Waals surface area (Å²) >= 11 is 0. The van der Waals surface area contributed by atoms with Crippen LogP contribution in [0.5, 0.6) is 0 Å². The number of carbonyl (C=O) groups excluding carboxylic acids is 1. The van der Waals surface area contributed by atoms with Gasteiger partial charge >= 0.3 is 0 Å². The van der Waals surface area contributed by atoms with Gasteiger partial charge in [-0.05, 0) is 19.8 Å². The van der Waals surface area contributed by atoms with Gasteiger partial charge < -0.3 is 14.3 Å². The lowest BCUT2D eigenvalue weighted by atomic mass is 10.2. The van der Waals surface area contributed by atoms with Crippen molar-refractivity contribution < 1.29 is 14.3 Å². The van der Waals surface area contributed by atoms with Gasteiger partial charge in [-0.3, -0.25) is 0 Å².